The van der Waals surface area contributed by atoms with E-state index >= 15 is 0 Å². The van der Waals surface area contributed by atoms with E-state index in [4.69, 9.17) is 22.1 Å². The lowest BCUT2D eigenvalue weighted by Crippen LogP contribution is -2.31. The Hall–Kier alpha value is -1.53. The van der Waals surface area contributed by atoms with Crippen molar-refractivity contribution in [3.05, 3.63) is 22.7 Å². The molecular weight excluding hydrogens is 277 g/mol. The fraction of sp³-hybridized carbons (Fsp3) is 0.417. The average molecular weight is 292 g/mol. The molecule has 0 heterocycles. The van der Waals surface area contributed by atoms with E-state index < -0.39 is 23.9 Å². The number of esters is 1. The van der Waals surface area contributed by atoms with E-state index in [1.54, 1.807) is 6.92 Å². The third-order valence-corrected chi connectivity index (χ3v) is 2.81. The highest BCUT2D eigenvalue weighted by molar-refractivity contribution is 6.32. The Morgan fingerprint density at radius 3 is 2.74 bits per heavy atom. The number of aromatic hydroxyl groups is 1. The van der Waals surface area contributed by atoms with Gasteiger partial charge in [-0.3, -0.25) is 0 Å². The highest BCUT2D eigenvalue weighted by atomic mass is 35.5. The second kappa shape index (κ2) is 6.58. The monoisotopic (exact) mass is 291 g/mol. The molecule has 0 saturated heterocycles. The maximum absolute atomic E-state index is 13.9. The number of benzene rings is 1. The number of phenols is 1. The summed E-state index contributed by atoms with van der Waals surface area (Å²) in [6.45, 7) is 1.58. The summed E-state index contributed by atoms with van der Waals surface area (Å²) in [5, 5.41) is 9.82. The summed E-state index contributed by atoms with van der Waals surface area (Å²) in [6.07, 6.45) is -2.13. The summed E-state index contributed by atoms with van der Waals surface area (Å²) in [6, 6.07) is 1.37. The van der Waals surface area contributed by atoms with Gasteiger partial charge >= 0.3 is 5.97 Å². The molecule has 0 spiro atoms. The topological polar surface area (TPSA) is 81.8 Å². The second-order valence-corrected chi connectivity index (χ2v) is 4.10. The third-order valence-electron chi connectivity index (χ3n) is 2.51. The molecule has 0 aliphatic carbocycles. The Balaban J connectivity index is 3.14. The van der Waals surface area contributed by atoms with Crippen LogP contribution in [-0.2, 0) is 9.53 Å². The molecule has 0 aliphatic rings. The highest BCUT2D eigenvalue weighted by Crippen LogP contribution is 2.39. The Labute approximate surface area is 115 Å². The van der Waals surface area contributed by atoms with Crippen LogP contribution in [0.25, 0.3) is 0 Å². The Morgan fingerprint density at radius 2 is 2.21 bits per heavy atom. The van der Waals surface area contributed by atoms with Gasteiger partial charge in [-0.25, -0.2) is 9.18 Å². The lowest BCUT2D eigenvalue weighted by Gasteiger charge is -2.20. The van der Waals surface area contributed by atoms with E-state index in [0.717, 1.165) is 0 Å². The average Bonchev–Trinajstić information content (AvgIpc) is 2.40. The molecule has 1 rings (SSSR count). The molecule has 7 heteroatoms. The van der Waals surface area contributed by atoms with Gasteiger partial charge in [0.25, 0.3) is 0 Å². The molecule has 3 N–H and O–H groups in total. The second-order valence-electron chi connectivity index (χ2n) is 3.69. The first-order valence-corrected chi connectivity index (χ1v) is 5.93. The number of methoxy groups -OCH3 is 1. The molecule has 0 fully saturated rings. The minimum atomic E-state index is -2.13. The van der Waals surface area contributed by atoms with E-state index in [9.17, 15) is 14.3 Å². The first kappa shape index (κ1) is 15.5. The number of hydrogen-bond donors (Lipinski definition) is 2. The summed E-state index contributed by atoms with van der Waals surface area (Å²) in [4.78, 5) is 11.3. The van der Waals surface area contributed by atoms with E-state index in [0.29, 0.717) is 0 Å². The van der Waals surface area contributed by atoms with Gasteiger partial charge in [-0.05, 0) is 19.1 Å². The number of halogens is 2. The number of alkyl halides is 1. The number of ether oxygens (including phenoxy) is 2. The molecule has 0 amide bonds. The Kier molecular flexibility index (Phi) is 5.38. The molecule has 0 radical (unpaired) electrons. The van der Waals surface area contributed by atoms with E-state index in [-0.39, 0.29) is 22.9 Å². The van der Waals surface area contributed by atoms with Crippen molar-refractivity contribution in [3.63, 3.8) is 0 Å². The normalized spacial score (nSPS) is 13.7. The summed E-state index contributed by atoms with van der Waals surface area (Å²) in [7, 11) is 1.33. The molecule has 0 aliphatic heterocycles. The van der Waals surface area contributed by atoms with Gasteiger partial charge in [-0.1, -0.05) is 11.6 Å². The van der Waals surface area contributed by atoms with Gasteiger partial charge in [-0.15, -0.1) is 0 Å². The summed E-state index contributed by atoms with van der Waals surface area (Å²) < 4.78 is 23.4. The van der Waals surface area contributed by atoms with Crippen molar-refractivity contribution in [2.45, 2.75) is 19.1 Å². The zero-order chi connectivity index (χ0) is 14.6. The zero-order valence-electron chi connectivity index (χ0n) is 10.5. The quantitative estimate of drug-likeness (QED) is 0.810. The lowest BCUT2D eigenvalue weighted by atomic mass is 10.0. The molecule has 2 atom stereocenters. The van der Waals surface area contributed by atoms with Crippen LogP contribution in [0.2, 0.25) is 5.02 Å². The van der Waals surface area contributed by atoms with Crippen LogP contribution >= 0.6 is 11.6 Å². The smallest absolute Gasteiger partial charge is 0.342 e. The van der Waals surface area contributed by atoms with Crippen molar-refractivity contribution in [2.24, 2.45) is 5.73 Å². The van der Waals surface area contributed by atoms with Crippen LogP contribution in [-0.4, -0.2) is 31.0 Å². The maximum Gasteiger partial charge on any atom is 0.342 e. The van der Waals surface area contributed by atoms with Crippen LogP contribution < -0.4 is 10.5 Å². The van der Waals surface area contributed by atoms with Gasteiger partial charge in [0.2, 0.25) is 6.17 Å². The van der Waals surface area contributed by atoms with Crippen LogP contribution in [0.5, 0.6) is 11.5 Å². The summed E-state index contributed by atoms with van der Waals surface area (Å²) in [5.41, 5.74) is 5.57. The highest BCUT2D eigenvalue weighted by Gasteiger charge is 2.32. The molecule has 5 nitrogen and oxygen atoms in total. The van der Waals surface area contributed by atoms with Gasteiger partial charge < -0.3 is 20.3 Å². The number of nitrogens with two attached hydrogens (primary N) is 1. The summed E-state index contributed by atoms with van der Waals surface area (Å²) in [5.74, 6) is -1.38. The molecular formula is C12H15ClFNO4. The number of carbonyl (C=O) groups is 1. The van der Waals surface area contributed by atoms with Crippen molar-refractivity contribution in [1.29, 1.82) is 0 Å². The standard InChI is InChI=1S/C12H15ClFNO4/c1-3-19-12(17)9(14)10(15)8-7(18-2)5-4-6(13)11(8)16/h4-5,9-10,16H,3,15H2,1-2H3/t9?,10-/m0/s1. The van der Waals surface area contributed by atoms with Gasteiger partial charge in [0.1, 0.15) is 11.5 Å². The molecule has 1 aromatic carbocycles. The first-order valence-electron chi connectivity index (χ1n) is 5.55. The SMILES string of the molecule is CCOC(=O)C(F)[C@@H](N)c1c(OC)ccc(Cl)c1O. The van der Waals surface area contributed by atoms with E-state index in [2.05, 4.69) is 4.74 Å². The lowest BCUT2D eigenvalue weighted by molar-refractivity contribution is -0.149. The van der Waals surface area contributed by atoms with Gasteiger partial charge in [0, 0.05) is 0 Å². The van der Waals surface area contributed by atoms with Crippen LogP contribution in [0.3, 0.4) is 0 Å². The third kappa shape index (κ3) is 3.27. The summed E-state index contributed by atoms with van der Waals surface area (Å²) >= 11 is 5.73. The number of rotatable bonds is 5. The van der Waals surface area contributed by atoms with E-state index in [1.165, 1.54) is 19.2 Å². The number of carbonyl (C=O) groups excluding carboxylic acids is 1. The number of phenolic OH excluding ortho intramolecular Hbond substituents is 1. The van der Waals surface area contributed by atoms with Crippen LogP contribution in [0, 0.1) is 0 Å². The largest absolute Gasteiger partial charge is 0.506 e. The molecule has 1 aromatic rings. The van der Waals surface area contributed by atoms with Crippen molar-refractivity contribution >= 4 is 17.6 Å². The minimum Gasteiger partial charge on any atom is -0.506 e. The first-order chi connectivity index (χ1) is 8.93. The molecule has 1 unspecified atom stereocenters. The Bertz CT molecular complexity index is 469. The molecule has 0 saturated carbocycles. The van der Waals surface area contributed by atoms with Gasteiger partial charge in [0.05, 0.1) is 30.3 Å². The van der Waals surface area contributed by atoms with Crippen molar-refractivity contribution in [1.82, 2.24) is 0 Å². The fourth-order valence-electron chi connectivity index (χ4n) is 1.58. The van der Waals surface area contributed by atoms with Crippen LogP contribution in [0.4, 0.5) is 4.39 Å². The molecule has 19 heavy (non-hydrogen) atoms. The predicted molar refractivity (Wildman–Crippen MR) is 68.1 cm³/mol. The number of hydrogen-bond acceptors (Lipinski definition) is 5. The molecule has 0 bridgehead atoms. The predicted octanol–water partition coefficient (Wildman–Crippen LogP) is 1.96. The minimum absolute atomic E-state index is 0.0118. The fourth-order valence-corrected chi connectivity index (χ4v) is 1.74. The van der Waals surface area contributed by atoms with Crippen molar-refractivity contribution < 1.29 is 23.8 Å². The van der Waals surface area contributed by atoms with Crippen LogP contribution in [0.15, 0.2) is 12.1 Å². The van der Waals surface area contributed by atoms with Crippen LogP contribution in [0.1, 0.15) is 18.5 Å². The van der Waals surface area contributed by atoms with Gasteiger partial charge in [0.15, 0.2) is 0 Å². The van der Waals surface area contributed by atoms with E-state index in [1.807, 2.05) is 0 Å². The Morgan fingerprint density at radius 1 is 1.58 bits per heavy atom. The maximum atomic E-state index is 13.9. The molecule has 106 valence electrons. The zero-order valence-corrected chi connectivity index (χ0v) is 11.3. The molecule has 0 aromatic heterocycles. The van der Waals surface area contributed by atoms with Crippen molar-refractivity contribution in [3.8, 4) is 11.5 Å². The van der Waals surface area contributed by atoms with Crippen molar-refractivity contribution in [2.75, 3.05) is 13.7 Å². The van der Waals surface area contributed by atoms with Gasteiger partial charge in [-0.2, -0.15) is 0 Å².